The van der Waals surface area contributed by atoms with Gasteiger partial charge in [-0.25, -0.2) is 0 Å². The van der Waals surface area contributed by atoms with E-state index >= 15 is 0 Å². The van der Waals surface area contributed by atoms with Crippen LogP contribution in [0.1, 0.15) is 0 Å². The molecule has 0 aromatic carbocycles. The molecule has 2 aromatic rings. The van der Waals surface area contributed by atoms with Crippen molar-refractivity contribution in [2.75, 3.05) is 38.0 Å². The second-order valence-corrected chi connectivity index (χ2v) is 4.28. The van der Waals surface area contributed by atoms with Gasteiger partial charge in [-0.3, -0.25) is 4.98 Å². The average Bonchev–Trinajstić information content (AvgIpc) is 2.39. The van der Waals surface area contributed by atoms with Crippen LogP contribution >= 0.6 is 12.4 Å². The van der Waals surface area contributed by atoms with Crippen molar-refractivity contribution in [1.82, 2.24) is 19.9 Å². The number of rotatable bonds is 3. The Hall–Kier alpha value is -1.95. The van der Waals surface area contributed by atoms with Gasteiger partial charge in [0.15, 0.2) is 5.82 Å². The minimum atomic E-state index is 0. The molecule has 0 saturated carbocycles. The van der Waals surface area contributed by atoms with Crippen molar-refractivity contribution in [3.8, 4) is 11.4 Å². The fraction of sp³-hybridized carbons (Fsp3) is 0.333. The van der Waals surface area contributed by atoms with E-state index < -0.39 is 0 Å². The molecule has 2 rings (SSSR count). The van der Waals surface area contributed by atoms with Crippen LogP contribution in [0.5, 0.6) is 0 Å². The van der Waals surface area contributed by atoms with E-state index in [0.29, 0.717) is 17.7 Å². The number of anilines is 2. The summed E-state index contributed by atoms with van der Waals surface area (Å²) in [6.07, 6.45) is 3.45. The van der Waals surface area contributed by atoms with Crippen LogP contribution in [-0.4, -0.2) is 48.1 Å². The number of hydrogen-bond acceptors (Lipinski definition) is 6. The van der Waals surface area contributed by atoms with Crippen molar-refractivity contribution in [3.63, 3.8) is 0 Å². The van der Waals surface area contributed by atoms with Crippen LogP contribution in [0.15, 0.2) is 24.5 Å². The van der Waals surface area contributed by atoms with Crippen LogP contribution in [0.3, 0.4) is 0 Å². The van der Waals surface area contributed by atoms with Gasteiger partial charge in [-0.15, -0.1) is 12.4 Å². The normalized spacial score (nSPS) is 9.68. The van der Waals surface area contributed by atoms with Crippen LogP contribution in [0, 0.1) is 0 Å². The summed E-state index contributed by atoms with van der Waals surface area (Å²) >= 11 is 0. The lowest BCUT2D eigenvalue weighted by molar-refractivity contribution is 0.920. The van der Waals surface area contributed by atoms with Crippen LogP contribution in [0.25, 0.3) is 11.4 Å². The third kappa shape index (κ3) is 3.51. The summed E-state index contributed by atoms with van der Waals surface area (Å²) in [5.41, 5.74) is 0.929. The Morgan fingerprint density at radius 1 is 0.789 bits per heavy atom. The second-order valence-electron chi connectivity index (χ2n) is 4.28. The molecule has 2 aromatic heterocycles. The molecule has 102 valence electrons. The van der Waals surface area contributed by atoms with Crippen LogP contribution in [-0.2, 0) is 0 Å². The molecule has 0 fully saturated rings. The van der Waals surface area contributed by atoms with Crippen LogP contribution < -0.4 is 9.80 Å². The molecule has 0 radical (unpaired) electrons. The van der Waals surface area contributed by atoms with E-state index in [9.17, 15) is 0 Å². The van der Waals surface area contributed by atoms with Gasteiger partial charge in [-0.2, -0.15) is 15.0 Å². The molecule has 0 amide bonds. The minimum Gasteiger partial charge on any atom is -0.347 e. The van der Waals surface area contributed by atoms with Gasteiger partial charge in [0.25, 0.3) is 0 Å². The van der Waals surface area contributed by atoms with Gasteiger partial charge >= 0.3 is 0 Å². The number of nitrogens with zero attached hydrogens (tertiary/aromatic N) is 6. The van der Waals surface area contributed by atoms with Crippen molar-refractivity contribution in [2.24, 2.45) is 0 Å². The molecule has 0 N–H and O–H groups in total. The van der Waals surface area contributed by atoms with E-state index in [-0.39, 0.29) is 12.4 Å². The second kappa shape index (κ2) is 6.29. The van der Waals surface area contributed by atoms with Crippen LogP contribution in [0.4, 0.5) is 11.9 Å². The van der Waals surface area contributed by atoms with E-state index in [1.807, 2.05) is 50.1 Å². The standard InChI is InChI=1S/C12H16N6.ClH/c1-17(2)11-14-10(9-5-7-13-8-6-9)15-12(16-11)18(3)4;/h5-8H,1-4H3;1H. The number of hydrogen-bond donors (Lipinski definition) is 0. The molecule has 0 bridgehead atoms. The Morgan fingerprint density at radius 3 is 1.68 bits per heavy atom. The van der Waals surface area contributed by atoms with E-state index in [1.54, 1.807) is 12.4 Å². The highest BCUT2D eigenvalue weighted by molar-refractivity contribution is 5.85. The van der Waals surface area contributed by atoms with E-state index in [2.05, 4.69) is 19.9 Å². The molecule has 0 spiro atoms. The lowest BCUT2D eigenvalue weighted by Crippen LogP contribution is -2.19. The van der Waals surface area contributed by atoms with Crippen molar-refractivity contribution < 1.29 is 0 Å². The Labute approximate surface area is 118 Å². The lowest BCUT2D eigenvalue weighted by atomic mass is 10.2. The fourth-order valence-electron chi connectivity index (χ4n) is 1.38. The Kier molecular flexibility index (Phi) is 5.00. The van der Waals surface area contributed by atoms with Gasteiger partial charge in [0, 0.05) is 46.1 Å². The van der Waals surface area contributed by atoms with Crippen molar-refractivity contribution in [2.45, 2.75) is 0 Å². The molecular weight excluding hydrogens is 264 g/mol. The highest BCUT2D eigenvalue weighted by atomic mass is 35.5. The number of aromatic nitrogens is 4. The Bertz CT molecular complexity index is 503. The highest BCUT2D eigenvalue weighted by Crippen LogP contribution is 2.18. The summed E-state index contributed by atoms with van der Waals surface area (Å²) in [6, 6.07) is 3.77. The molecule has 0 atom stereocenters. The zero-order chi connectivity index (χ0) is 13.1. The summed E-state index contributed by atoms with van der Waals surface area (Å²) in [4.78, 5) is 21.0. The van der Waals surface area contributed by atoms with E-state index in [0.717, 1.165) is 5.56 Å². The first-order valence-corrected chi connectivity index (χ1v) is 5.59. The quantitative estimate of drug-likeness (QED) is 0.849. The summed E-state index contributed by atoms with van der Waals surface area (Å²) in [6.45, 7) is 0. The van der Waals surface area contributed by atoms with E-state index in [1.165, 1.54) is 0 Å². The topological polar surface area (TPSA) is 58.0 Å². The SMILES string of the molecule is CN(C)c1nc(-c2ccncc2)nc(N(C)C)n1.Cl. The van der Waals surface area contributed by atoms with Gasteiger partial charge in [0.05, 0.1) is 0 Å². The monoisotopic (exact) mass is 280 g/mol. The highest BCUT2D eigenvalue weighted by Gasteiger charge is 2.10. The Morgan fingerprint density at radius 2 is 1.26 bits per heavy atom. The van der Waals surface area contributed by atoms with E-state index in [4.69, 9.17) is 0 Å². The summed E-state index contributed by atoms with van der Waals surface area (Å²) < 4.78 is 0. The molecule has 0 aliphatic heterocycles. The van der Waals surface area contributed by atoms with Gasteiger partial charge in [-0.1, -0.05) is 0 Å². The molecule has 0 aliphatic rings. The molecule has 0 unspecified atom stereocenters. The Balaban J connectivity index is 0.00000180. The van der Waals surface area contributed by atoms with Gasteiger partial charge in [0.1, 0.15) is 0 Å². The third-order valence-electron chi connectivity index (χ3n) is 2.35. The fourth-order valence-corrected chi connectivity index (χ4v) is 1.38. The first-order chi connectivity index (χ1) is 8.58. The third-order valence-corrected chi connectivity index (χ3v) is 2.35. The molecule has 0 saturated heterocycles. The lowest BCUT2D eigenvalue weighted by Gasteiger charge is -2.16. The molecular formula is C12H17ClN6. The number of halogens is 1. The first-order valence-electron chi connectivity index (χ1n) is 5.59. The average molecular weight is 281 g/mol. The van der Waals surface area contributed by atoms with Crippen LogP contribution in [0.2, 0.25) is 0 Å². The first kappa shape index (κ1) is 15.1. The number of pyridine rings is 1. The van der Waals surface area contributed by atoms with Gasteiger partial charge in [-0.05, 0) is 12.1 Å². The van der Waals surface area contributed by atoms with Gasteiger partial charge in [0.2, 0.25) is 11.9 Å². The maximum absolute atomic E-state index is 4.43. The van der Waals surface area contributed by atoms with Crippen molar-refractivity contribution in [3.05, 3.63) is 24.5 Å². The maximum Gasteiger partial charge on any atom is 0.230 e. The predicted octanol–water partition coefficient (Wildman–Crippen LogP) is 1.49. The molecule has 2 heterocycles. The summed E-state index contributed by atoms with van der Waals surface area (Å²) in [5, 5.41) is 0. The largest absolute Gasteiger partial charge is 0.347 e. The maximum atomic E-state index is 4.43. The summed E-state index contributed by atoms with van der Waals surface area (Å²) in [7, 11) is 7.63. The molecule has 19 heavy (non-hydrogen) atoms. The molecule has 0 aliphatic carbocycles. The van der Waals surface area contributed by atoms with Crippen molar-refractivity contribution >= 4 is 24.3 Å². The predicted molar refractivity (Wildman–Crippen MR) is 79.0 cm³/mol. The molecule has 6 nitrogen and oxygen atoms in total. The zero-order valence-corrected chi connectivity index (χ0v) is 12.2. The van der Waals surface area contributed by atoms with Crippen molar-refractivity contribution in [1.29, 1.82) is 0 Å². The minimum absolute atomic E-state index is 0. The summed E-state index contributed by atoms with van der Waals surface area (Å²) in [5.74, 6) is 1.93. The molecule has 7 heteroatoms. The smallest absolute Gasteiger partial charge is 0.230 e. The zero-order valence-electron chi connectivity index (χ0n) is 11.4. The van der Waals surface area contributed by atoms with Gasteiger partial charge < -0.3 is 9.80 Å².